The maximum atomic E-state index is 11.5. The molecule has 138 valence electrons. The second kappa shape index (κ2) is 6.88. The minimum Gasteiger partial charge on any atom is -0.376 e. The molecule has 1 aromatic rings. The standard InChI is InChI=1S/C21H29N4O/c1-3-25(21-12-17-6-4-5-7-18(17)13-21)15-20(14-22-25)23-19-8-10-24(11-9-19)16(2)26/h4-7,14-15,19,21,23H,3,8-13H2,1-2H3/q+1. The van der Waals surface area contributed by atoms with Gasteiger partial charge >= 0.3 is 0 Å². The molecule has 4 rings (SSSR count). The van der Waals surface area contributed by atoms with E-state index in [1.54, 1.807) is 6.92 Å². The van der Waals surface area contributed by atoms with Gasteiger partial charge in [0.1, 0.15) is 30.7 Å². The number of likely N-dealkylation sites (tertiary alicyclic amines) is 1. The van der Waals surface area contributed by atoms with E-state index in [2.05, 4.69) is 42.7 Å². The van der Waals surface area contributed by atoms with Crippen molar-refractivity contribution in [2.24, 2.45) is 5.10 Å². The molecule has 5 heteroatoms. The molecule has 0 saturated carbocycles. The van der Waals surface area contributed by atoms with Crippen LogP contribution < -0.4 is 5.32 Å². The molecule has 0 radical (unpaired) electrons. The Hall–Kier alpha value is -2.14. The lowest BCUT2D eigenvalue weighted by atomic mass is 10.0. The van der Waals surface area contributed by atoms with Gasteiger partial charge in [-0.05, 0) is 30.9 Å². The summed E-state index contributed by atoms with van der Waals surface area (Å²) in [7, 11) is 0. The summed E-state index contributed by atoms with van der Waals surface area (Å²) in [5, 5.41) is 8.60. The van der Waals surface area contributed by atoms with Crippen molar-refractivity contribution in [3.63, 3.8) is 0 Å². The Bertz CT molecular complexity index is 723. The smallest absolute Gasteiger partial charge is 0.219 e. The topological polar surface area (TPSA) is 44.7 Å². The van der Waals surface area contributed by atoms with Crippen molar-refractivity contribution in [1.29, 1.82) is 0 Å². The molecule has 2 aliphatic heterocycles. The van der Waals surface area contributed by atoms with Crippen molar-refractivity contribution >= 4 is 12.1 Å². The number of likely N-dealkylation sites (N-methyl/N-ethyl adjacent to an activating group) is 1. The Morgan fingerprint density at radius 2 is 1.88 bits per heavy atom. The van der Waals surface area contributed by atoms with Crippen LogP contribution in [0.15, 0.2) is 41.3 Å². The van der Waals surface area contributed by atoms with E-state index in [1.165, 1.54) is 11.1 Å². The molecule has 1 saturated heterocycles. The van der Waals surface area contributed by atoms with Crippen LogP contribution in [0, 0.1) is 0 Å². The second-order valence-corrected chi connectivity index (χ2v) is 7.79. The van der Waals surface area contributed by atoms with Gasteiger partial charge in [0.05, 0.1) is 0 Å². The van der Waals surface area contributed by atoms with Crippen LogP contribution in [0.4, 0.5) is 0 Å². The van der Waals surface area contributed by atoms with E-state index in [4.69, 9.17) is 5.10 Å². The monoisotopic (exact) mass is 353 g/mol. The minimum atomic E-state index is 0.188. The van der Waals surface area contributed by atoms with E-state index in [-0.39, 0.29) is 5.91 Å². The third-order valence-electron chi connectivity index (χ3n) is 6.25. The quantitative estimate of drug-likeness (QED) is 0.845. The fourth-order valence-corrected chi connectivity index (χ4v) is 4.61. The van der Waals surface area contributed by atoms with Crippen LogP contribution in [0.1, 0.15) is 37.8 Å². The lowest BCUT2D eigenvalue weighted by molar-refractivity contribution is -0.906. The number of amides is 1. The van der Waals surface area contributed by atoms with Gasteiger partial charge in [0.2, 0.25) is 5.91 Å². The van der Waals surface area contributed by atoms with Crippen molar-refractivity contribution in [1.82, 2.24) is 10.2 Å². The van der Waals surface area contributed by atoms with Gasteiger partial charge in [0, 0.05) is 38.9 Å². The van der Waals surface area contributed by atoms with Crippen LogP contribution >= 0.6 is 0 Å². The highest BCUT2D eigenvalue weighted by molar-refractivity contribution is 5.78. The van der Waals surface area contributed by atoms with Gasteiger partial charge in [-0.2, -0.15) is 4.59 Å². The number of nitrogens with one attached hydrogen (secondary N) is 1. The summed E-state index contributed by atoms with van der Waals surface area (Å²) in [5.74, 6) is 0.188. The molecule has 1 N–H and O–H groups in total. The van der Waals surface area contributed by atoms with Crippen LogP contribution in [0.25, 0.3) is 0 Å². The average molecular weight is 353 g/mol. The summed E-state index contributed by atoms with van der Waals surface area (Å²) in [4.78, 5) is 13.4. The van der Waals surface area contributed by atoms with Gasteiger partial charge in [-0.3, -0.25) is 4.79 Å². The SMILES string of the molecule is CC[N+]1(C2Cc3ccccc3C2)C=C(NC2CCN(C(C)=O)CC2)C=N1. The Labute approximate surface area is 156 Å². The van der Waals surface area contributed by atoms with Crippen LogP contribution in [0.5, 0.6) is 0 Å². The molecule has 1 fully saturated rings. The number of allylic oxidation sites excluding steroid dienone is 1. The summed E-state index contributed by atoms with van der Waals surface area (Å²) in [5.41, 5.74) is 4.10. The lowest BCUT2D eigenvalue weighted by Crippen LogP contribution is -2.46. The molecule has 2 heterocycles. The number of quaternary nitrogens is 1. The number of hydrogen-bond acceptors (Lipinski definition) is 3. The van der Waals surface area contributed by atoms with Crippen molar-refractivity contribution < 1.29 is 9.39 Å². The predicted octanol–water partition coefficient (Wildman–Crippen LogP) is 2.43. The van der Waals surface area contributed by atoms with Crippen LogP contribution in [0.3, 0.4) is 0 Å². The van der Waals surface area contributed by atoms with E-state index in [0.717, 1.165) is 51.0 Å². The van der Waals surface area contributed by atoms with Crippen LogP contribution in [-0.4, -0.2) is 53.3 Å². The first-order valence-electron chi connectivity index (χ1n) is 9.84. The molecule has 0 aromatic heterocycles. The highest BCUT2D eigenvalue weighted by Gasteiger charge is 2.42. The molecule has 26 heavy (non-hydrogen) atoms. The molecule has 1 amide bonds. The molecule has 1 aromatic carbocycles. The maximum absolute atomic E-state index is 11.5. The zero-order valence-electron chi connectivity index (χ0n) is 15.8. The van der Waals surface area contributed by atoms with E-state index in [0.29, 0.717) is 16.7 Å². The van der Waals surface area contributed by atoms with Crippen molar-refractivity contribution in [3.05, 3.63) is 47.3 Å². The first kappa shape index (κ1) is 17.3. The van der Waals surface area contributed by atoms with E-state index in [9.17, 15) is 4.79 Å². The number of piperidine rings is 1. The number of rotatable bonds is 4. The maximum Gasteiger partial charge on any atom is 0.219 e. The van der Waals surface area contributed by atoms with Gasteiger partial charge in [0.15, 0.2) is 0 Å². The summed E-state index contributed by atoms with van der Waals surface area (Å²) in [6.45, 7) is 6.56. The predicted molar refractivity (Wildman–Crippen MR) is 103 cm³/mol. The molecule has 3 aliphatic rings. The van der Waals surface area contributed by atoms with Gasteiger partial charge in [-0.25, -0.2) is 0 Å². The molecule has 0 spiro atoms. The minimum absolute atomic E-state index is 0.188. The number of carbonyl (C=O) groups excluding carboxylic acids is 1. The normalized spacial score (nSPS) is 26.1. The van der Waals surface area contributed by atoms with Crippen LogP contribution in [-0.2, 0) is 17.6 Å². The first-order chi connectivity index (χ1) is 12.6. The fourth-order valence-electron chi connectivity index (χ4n) is 4.61. The van der Waals surface area contributed by atoms with Gasteiger partial charge < -0.3 is 10.2 Å². The zero-order valence-corrected chi connectivity index (χ0v) is 15.8. The number of hydrogen-bond donors (Lipinski definition) is 1. The van der Waals surface area contributed by atoms with E-state index < -0.39 is 0 Å². The Morgan fingerprint density at radius 1 is 1.23 bits per heavy atom. The lowest BCUT2D eigenvalue weighted by Gasteiger charge is -2.32. The Balaban J connectivity index is 1.42. The van der Waals surface area contributed by atoms with Crippen molar-refractivity contribution in [2.75, 3.05) is 19.6 Å². The van der Waals surface area contributed by atoms with Gasteiger partial charge in [-0.1, -0.05) is 29.4 Å². The molecule has 1 aliphatic carbocycles. The second-order valence-electron chi connectivity index (χ2n) is 7.79. The summed E-state index contributed by atoms with van der Waals surface area (Å²) >= 11 is 0. The highest BCUT2D eigenvalue weighted by atomic mass is 16.2. The Morgan fingerprint density at radius 3 is 2.46 bits per heavy atom. The number of carbonyl (C=O) groups is 1. The molecular weight excluding hydrogens is 324 g/mol. The molecule has 1 unspecified atom stereocenters. The average Bonchev–Trinajstić information content (AvgIpc) is 3.27. The zero-order chi connectivity index (χ0) is 18.1. The largest absolute Gasteiger partial charge is 0.376 e. The molecular formula is C21H29N4O+. The van der Waals surface area contributed by atoms with Gasteiger partial charge in [0.25, 0.3) is 0 Å². The summed E-state index contributed by atoms with van der Waals surface area (Å²) in [6, 6.07) is 9.72. The molecule has 5 nitrogen and oxygen atoms in total. The molecule has 0 bridgehead atoms. The van der Waals surface area contributed by atoms with Crippen molar-refractivity contribution in [3.8, 4) is 0 Å². The van der Waals surface area contributed by atoms with Gasteiger partial charge in [-0.15, -0.1) is 0 Å². The summed E-state index contributed by atoms with van der Waals surface area (Å²) in [6.07, 6.45) is 8.54. The van der Waals surface area contributed by atoms with E-state index >= 15 is 0 Å². The van der Waals surface area contributed by atoms with Crippen LogP contribution in [0.2, 0.25) is 0 Å². The van der Waals surface area contributed by atoms with Crippen molar-refractivity contribution in [2.45, 2.75) is 51.6 Å². The summed E-state index contributed by atoms with van der Waals surface area (Å²) < 4.78 is 0.698. The Kier molecular flexibility index (Phi) is 4.57. The molecule has 1 atom stereocenters. The number of benzene rings is 1. The third-order valence-corrected chi connectivity index (χ3v) is 6.25. The highest BCUT2D eigenvalue weighted by Crippen LogP contribution is 2.33. The first-order valence-corrected chi connectivity index (χ1v) is 9.84. The van der Waals surface area contributed by atoms with E-state index in [1.807, 2.05) is 11.1 Å². The number of fused-ring (bicyclic) bond motifs is 1. The number of nitrogens with zero attached hydrogens (tertiary/aromatic N) is 3. The third kappa shape index (κ3) is 3.16. The fraction of sp³-hybridized carbons (Fsp3) is 0.524.